The average molecular weight is 301 g/mol. The number of amides is 1. The Bertz CT molecular complexity index is 506. The number of halogens is 1. The summed E-state index contributed by atoms with van der Waals surface area (Å²) in [7, 11) is 0. The summed E-state index contributed by atoms with van der Waals surface area (Å²) in [6.45, 7) is 2.41. The summed E-state index contributed by atoms with van der Waals surface area (Å²) < 4.78 is 5.67. The highest BCUT2D eigenvalue weighted by Crippen LogP contribution is 2.14. The van der Waals surface area contributed by atoms with Crippen molar-refractivity contribution in [3.63, 3.8) is 0 Å². The standard InChI is InChI=1S/C10H9BrN2O2S/c1-6-4-12-9(16-6)5-13-10(14)7-2-3-8(11)15-7/h2-4H,5H2,1H3,(H,13,14). The summed E-state index contributed by atoms with van der Waals surface area (Å²) in [4.78, 5) is 16.9. The summed E-state index contributed by atoms with van der Waals surface area (Å²) in [5, 5.41) is 3.62. The van der Waals surface area contributed by atoms with Crippen molar-refractivity contribution in [2.75, 3.05) is 0 Å². The minimum absolute atomic E-state index is 0.237. The third kappa shape index (κ3) is 2.70. The Hall–Kier alpha value is -1.14. The molecule has 84 valence electrons. The molecule has 1 amide bonds. The number of carbonyl (C=O) groups is 1. The van der Waals surface area contributed by atoms with Crippen molar-refractivity contribution in [3.05, 3.63) is 38.6 Å². The van der Waals surface area contributed by atoms with Crippen molar-refractivity contribution in [2.24, 2.45) is 0 Å². The van der Waals surface area contributed by atoms with E-state index in [1.165, 1.54) is 0 Å². The van der Waals surface area contributed by atoms with Crippen LogP contribution in [0.2, 0.25) is 0 Å². The normalized spacial score (nSPS) is 10.4. The summed E-state index contributed by atoms with van der Waals surface area (Å²) in [5.74, 6) is 0.0544. The van der Waals surface area contributed by atoms with Gasteiger partial charge in [-0.05, 0) is 35.0 Å². The molecule has 0 saturated heterocycles. The maximum absolute atomic E-state index is 11.6. The molecule has 0 aliphatic carbocycles. The van der Waals surface area contributed by atoms with Gasteiger partial charge < -0.3 is 9.73 Å². The van der Waals surface area contributed by atoms with Crippen molar-refractivity contribution in [1.29, 1.82) is 0 Å². The molecule has 0 spiro atoms. The number of aromatic nitrogens is 1. The molecule has 0 aliphatic heterocycles. The van der Waals surface area contributed by atoms with E-state index in [4.69, 9.17) is 4.42 Å². The maximum Gasteiger partial charge on any atom is 0.287 e. The fraction of sp³-hybridized carbons (Fsp3) is 0.200. The van der Waals surface area contributed by atoms with Crippen LogP contribution in [-0.4, -0.2) is 10.9 Å². The lowest BCUT2D eigenvalue weighted by Gasteiger charge is -1.99. The van der Waals surface area contributed by atoms with Crippen LogP contribution < -0.4 is 5.32 Å². The minimum Gasteiger partial charge on any atom is -0.444 e. The second-order valence-electron chi connectivity index (χ2n) is 3.15. The second kappa shape index (κ2) is 4.80. The molecular weight excluding hydrogens is 292 g/mol. The van der Waals surface area contributed by atoms with Gasteiger partial charge in [0.05, 0.1) is 6.54 Å². The Morgan fingerprint density at radius 2 is 2.44 bits per heavy atom. The van der Waals surface area contributed by atoms with Crippen LogP contribution in [0, 0.1) is 6.92 Å². The van der Waals surface area contributed by atoms with E-state index in [-0.39, 0.29) is 5.91 Å². The van der Waals surface area contributed by atoms with Gasteiger partial charge in [0.15, 0.2) is 10.4 Å². The largest absolute Gasteiger partial charge is 0.444 e. The van der Waals surface area contributed by atoms with Crippen LogP contribution in [0.3, 0.4) is 0 Å². The fourth-order valence-corrected chi connectivity index (χ4v) is 2.20. The predicted molar refractivity (Wildman–Crippen MR) is 64.4 cm³/mol. The van der Waals surface area contributed by atoms with Crippen LogP contribution in [0.15, 0.2) is 27.4 Å². The molecular formula is C10H9BrN2O2S. The molecule has 6 heteroatoms. The lowest BCUT2D eigenvalue weighted by molar-refractivity contribution is 0.0922. The van der Waals surface area contributed by atoms with Crippen molar-refractivity contribution in [1.82, 2.24) is 10.3 Å². The van der Waals surface area contributed by atoms with Crippen LogP contribution in [0.5, 0.6) is 0 Å². The van der Waals surface area contributed by atoms with E-state index < -0.39 is 0 Å². The Labute approximate surface area is 105 Å². The minimum atomic E-state index is -0.237. The molecule has 0 unspecified atom stereocenters. The second-order valence-corrected chi connectivity index (χ2v) is 5.25. The molecule has 0 radical (unpaired) electrons. The average Bonchev–Trinajstić information content (AvgIpc) is 2.84. The van der Waals surface area contributed by atoms with E-state index in [9.17, 15) is 4.79 Å². The first-order valence-electron chi connectivity index (χ1n) is 4.60. The molecule has 0 saturated carbocycles. The van der Waals surface area contributed by atoms with E-state index in [1.54, 1.807) is 29.7 Å². The molecule has 2 heterocycles. The van der Waals surface area contributed by atoms with Gasteiger partial charge in [-0.1, -0.05) is 0 Å². The van der Waals surface area contributed by atoms with Crippen LogP contribution in [0.1, 0.15) is 20.4 Å². The zero-order valence-electron chi connectivity index (χ0n) is 8.49. The van der Waals surface area contributed by atoms with Gasteiger partial charge in [0, 0.05) is 11.1 Å². The molecule has 2 rings (SSSR count). The molecule has 1 N–H and O–H groups in total. The number of furan rings is 1. The van der Waals surface area contributed by atoms with Gasteiger partial charge in [-0.15, -0.1) is 11.3 Å². The first-order chi connectivity index (χ1) is 7.65. The summed E-state index contributed by atoms with van der Waals surface area (Å²) in [6, 6.07) is 3.30. The fourth-order valence-electron chi connectivity index (χ4n) is 1.16. The lowest BCUT2D eigenvalue weighted by Crippen LogP contribution is -2.22. The van der Waals surface area contributed by atoms with Gasteiger partial charge in [0.1, 0.15) is 5.01 Å². The first kappa shape index (κ1) is 11.3. The summed E-state index contributed by atoms with van der Waals surface area (Å²) >= 11 is 4.71. The van der Waals surface area contributed by atoms with Gasteiger partial charge >= 0.3 is 0 Å². The number of aryl methyl sites for hydroxylation is 1. The topological polar surface area (TPSA) is 55.1 Å². The van der Waals surface area contributed by atoms with Crippen molar-refractivity contribution >= 4 is 33.2 Å². The van der Waals surface area contributed by atoms with Gasteiger partial charge in [0.25, 0.3) is 5.91 Å². The molecule has 4 nitrogen and oxygen atoms in total. The molecule has 0 atom stereocenters. The Kier molecular flexibility index (Phi) is 3.40. The Balaban J connectivity index is 1.93. The predicted octanol–water partition coefficient (Wildman–Crippen LogP) is 2.74. The van der Waals surface area contributed by atoms with E-state index in [1.807, 2.05) is 6.92 Å². The molecule has 0 aliphatic rings. The number of hydrogen-bond acceptors (Lipinski definition) is 4. The Morgan fingerprint density at radius 3 is 3.00 bits per heavy atom. The van der Waals surface area contributed by atoms with Crippen molar-refractivity contribution < 1.29 is 9.21 Å². The SMILES string of the molecule is Cc1cnc(CNC(=O)c2ccc(Br)o2)s1. The van der Waals surface area contributed by atoms with Gasteiger partial charge in [-0.3, -0.25) is 4.79 Å². The highest BCUT2D eigenvalue weighted by Gasteiger charge is 2.10. The number of hydrogen-bond donors (Lipinski definition) is 1. The van der Waals surface area contributed by atoms with E-state index in [0.29, 0.717) is 17.0 Å². The molecule has 16 heavy (non-hydrogen) atoms. The number of carbonyl (C=O) groups excluding carboxylic acids is 1. The first-order valence-corrected chi connectivity index (χ1v) is 6.21. The molecule has 2 aromatic heterocycles. The van der Waals surface area contributed by atoms with Gasteiger partial charge in [0.2, 0.25) is 0 Å². The molecule has 0 bridgehead atoms. The van der Waals surface area contributed by atoms with Crippen LogP contribution in [0.4, 0.5) is 0 Å². The molecule has 2 aromatic rings. The van der Waals surface area contributed by atoms with Crippen LogP contribution in [0.25, 0.3) is 0 Å². The summed E-state index contributed by atoms with van der Waals surface area (Å²) in [5.41, 5.74) is 0. The number of thiazole rings is 1. The van der Waals surface area contributed by atoms with E-state index >= 15 is 0 Å². The highest BCUT2D eigenvalue weighted by atomic mass is 79.9. The monoisotopic (exact) mass is 300 g/mol. The molecule has 0 fully saturated rings. The van der Waals surface area contributed by atoms with Gasteiger partial charge in [-0.25, -0.2) is 4.98 Å². The number of nitrogens with zero attached hydrogens (tertiary/aromatic N) is 1. The summed E-state index contributed by atoms with van der Waals surface area (Å²) in [6.07, 6.45) is 1.79. The highest BCUT2D eigenvalue weighted by molar-refractivity contribution is 9.10. The van der Waals surface area contributed by atoms with Crippen LogP contribution >= 0.6 is 27.3 Å². The molecule has 0 aromatic carbocycles. The zero-order valence-corrected chi connectivity index (χ0v) is 10.9. The maximum atomic E-state index is 11.6. The van der Waals surface area contributed by atoms with Crippen LogP contribution in [-0.2, 0) is 6.54 Å². The zero-order chi connectivity index (χ0) is 11.5. The van der Waals surface area contributed by atoms with Gasteiger partial charge in [-0.2, -0.15) is 0 Å². The number of rotatable bonds is 3. The smallest absolute Gasteiger partial charge is 0.287 e. The Morgan fingerprint density at radius 1 is 1.62 bits per heavy atom. The van der Waals surface area contributed by atoms with E-state index in [0.717, 1.165) is 9.88 Å². The lowest BCUT2D eigenvalue weighted by atomic mass is 10.4. The third-order valence-electron chi connectivity index (χ3n) is 1.87. The van der Waals surface area contributed by atoms with Crippen molar-refractivity contribution in [2.45, 2.75) is 13.5 Å². The quantitative estimate of drug-likeness (QED) is 0.948. The van der Waals surface area contributed by atoms with Crippen molar-refractivity contribution in [3.8, 4) is 0 Å². The van der Waals surface area contributed by atoms with E-state index in [2.05, 4.69) is 26.2 Å². The number of nitrogens with one attached hydrogen (secondary N) is 1. The third-order valence-corrected chi connectivity index (χ3v) is 3.21.